The molecule has 5 heteroatoms. The molecule has 0 saturated heterocycles. The number of hydrogen-bond donors (Lipinski definition) is 3. The van der Waals surface area contributed by atoms with Crippen molar-refractivity contribution in [2.24, 2.45) is 17.2 Å². The zero-order chi connectivity index (χ0) is 6.62. The van der Waals surface area contributed by atoms with Crippen molar-refractivity contribution < 1.29 is 4.65 Å². The lowest BCUT2D eigenvalue weighted by Crippen LogP contribution is -2.53. The molecule has 0 amide bonds. The zero-order valence-electron chi connectivity index (χ0n) is 4.71. The lowest BCUT2D eigenvalue weighted by atomic mass is 10.7. The van der Waals surface area contributed by atoms with E-state index in [1.807, 2.05) is 0 Å². The molecular weight excluding hydrogens is 108 g/mol. The van der Waals surface area contributed by atoms with Crippen molar-refractivity contribution >= 4 is 0 Å². The average molecular weight is 120 g/mol. The highest BCUT2D eigenvalue weighted by molar-refractivity contribution is 4.28. The Morgan fingerprint density at radius 3 is 1.25 bits per heavy atom. The van der Waals surface area contributed by atoms with E-state index in [0.717, 1.165) is 0 Å². The summed E-state index contributed by atoms with van der Waals surface area (Å²) in [5, 5.41) is 10.8. The van der Waals surface area contributed by atoms with Crippen LogP contribution in [0.3, 0.4) is 0 Å². The highest BCUT2D eigenvalue weighted by Gasteiger charge is 2.06. The van der Waals surface area contributed by atoms with Gasteiger partial charge in [0.1, 0.15) is 20.0 Å². The van der Waals surface area contributed by atoms with Gasteiger partial charge in [0.15, 0.2) is 0 Å². The maximum Gasteiger partial charge on any atom is 0.131 e. The van der Waals surface area contributed by atoms with Gasteiger partial charge in [0, 0.05) is 0 Å². The Balaban J connectivity index is 3.58. The summed E-state index contributed by atoms with van der Waals surface area (Å²) in [7, 11) is 0. The molecule has 6 N–H and O–H groups in total. The van der Waals surface area contributed by atoms with Gasteiger partial charge in [-0.1, -0.05) is 0 Å². The molecule has 0 aliphatic heterocycles. The number of hydroxylamine groups is 3. The van der Waals surface area contributed by atoms with E-state index in [1.165, 1.54) is 0 Å². The minimum Gasteiger partial charge on any atom is -0.630 e. The molecule has 0 aromatic rings. The van der Waals surface area contributed by atoms with Crippen LogP contribution in [0.25, 0.3) is 0 Å². The standard InChI is InChI=1S/C3H12N4O/c4-1-7(8,2-5)3-6/h1-6H2. The second kappa shape index (κ2) is 2.95. The number of nitrogens with zero attached hydrogens (tertiary/aromatic N) is 1. The van der Waals surface area contributed by atoms with E-state index in [0.29, 0.717) is 0 Å². The third kappa shape index (κ3) is 1.73. The number of quaternary nitrogens is 1. The quantitative estimate of drug-likeness (QED) is 0.229. The van der Waals surface area contributed by atoms with Gasteiger partial charge >= 0.3 is 0 Å². The minimum absolute atomic E-state index is 0.0486. The monoisotopic (exact) mass is 120 g/mol. The van der Waals surface area contributed by atoms with Gasteiger partial charge in [0.05, 0.1) is 0 Å². The highest BCUT2D eigenvalue weighted by atomic mass is 16.6. The Bertz CT molecular complexity index is 54.0. The van der Waals surface area contributed by atoms with Crippen molar-refractivity contribution in [2.45, 2.75) is 0 Å². The number of nitrogens with two attached hydrogens (primary N) is 3. The summed E-state index contributed by atoms with van der Waals surface area (Å²) >= 11 is 0. The van der Waals surface area contributed by atoms with Crippen LogP contribution in [-0.2, 0) is 0 Å². The van der Waals surface area contributed by atoms with Gasteiger partial charge in [-0.05, 0) is 0 Å². The maximum atomic E-state index is 10.8. The first-order valence-corrected chi connectivity index (χ1v) is 2.36. The zero-order valence-corrected chi connectivity index (χ0v) is 4.71. The van der Waals surface area contributed by atoms with Crippen molar-refractivity contribution in [2.75, 3.05) is 20.0 Å². The molecule has 0 heterocycles. The van der Waals surface area contributed by atoms with E-state index in [4.69, 9.17) is 17.2 Å². The fraction of sp³-hybridized carbons (Fsp3) is 1.00. The van der Waals surface area contributed by atoms with E-state index in [9.17, 15) is 5.21 Å². The van der Waals surface area contributed by atoms with Crippen LogP contribution in [0.15, 0.2) is 0 Å². The van der Waals surface area contributed by atoms with Gasteiger partial charge in [-0.15, -0.1) is 0 Å². The molecule has 0 radical (unpaired) electrons. The number of hydrogen-bond acceptors (Lipinski definition) is 4. The van der Waals surface area contributed by atoms with Crippen molar-refractivity contribution in [1.82, 2.24) is 0 Å². The van der Waals surface area contributed by atoms with Gasteiger partial charge in [-0.25, -0.2) is 0 Å². The fourth-order valence-electron chi connectivity index (χ4n) is 0.224. The molecular formula is C3H12N4O. The summed E-state index contributed by atoms with van der Waals surface area (Å²) in [6.45, 7) is -0.146. The molecule has 0 saturated carbocycles. The molecule has 0 rings (SSSR count). The first kappa shape index (κ1) is 7.80. The molecule has 5 nitrogen and oxygen atoms in total. The van der Waals surface area contributed by atoms with Crippen LogP contribution in [-0.4, -0.2) is 24.7 Å². The van der Waals surface area contributed by atoms with Crippen molar-refractivity contribution in [1.29, 1.82) is 0 Å². The largest absolute Gasteiger partial charge is 0.630 e. The summed E-state index contributed by atoms with van der Waals surface area (Å²) in [6, 6.07) is 0. The molecule has 0 unspecified atom stereocenters. The molecule has 0 aliphatic rings. The third-order valence-corrected chi connectivity index (χ3v) is 0.998. The molecule has 0 aromatic carbocycles. The second-order valence-corrected chi connectivity index (χ2v) is 1.61. The smallest absolute Gasteiger partial charge is 0.131 e. The molecule has 0 fully saturated rings. The molecule has 0 aliphatic carbocycles. The predicted molar refractivity (Wildman–Crippen MR) is 30.8 cm³/mol. The highest BCUT2D eigenvalue weighted by Crippen LogP contribution is 1.90. The van der Waals surface area contributed by atoms with Crippen molar-refractivity contribution in [3.05, 3.63) is 5.21 Å². The van der Waals surface area contributed by atoms with Crippen LogP contribution in [0.2, 0.25) is 0 Å². The lowest BCUT2D eigenvalue weighted by Gasteiger charge is -2.37. The van der Waals surface area contributed by atoms with E-state index in [1.54, 1.807) is 0 Å². The molecule has 50 valence electrons. The Morgan fingerprint density at radius 1 is 1.00 bits per heavy atom. The molecule has 0 spiro atoms. The molecule has 0 aromatic heterocycles. The molecule has 8 heavy (non-hydrogen) atoms. The van der Waals surface area contributed by atoms with Crippen LogP contribution in [0.1, 0.15) is 0 Å². The first-order chi connectivity index (χ1) is 3.68. The van der Waals surface area contributed by atoms with Gasteiger partial charge < -0.3 is 9.85 Å². The molecule has 0 bridgehead atoms. The normalized spacial score (nSPS) is 12.0. The van der Waals surface area contributed by atoms with Gasteiger partial charge in [-0.3, -0.25) is 17.2 Å². The number of rotatable bonds is 3. The summed E-state index contributed by atoms with van der Waals surface area (Å²) in [6.07, 6.45) is 0. The van der Waals surface area contributed by atoms with Crippen molar-refractivity contribution in [3.8, 4) is 0 Å². The lowest BCUT2D eigenvalue weighted by molar-refractivity contribution is -0.879. The average Bonchev–Trinajstić information content (AvgIpc) is 1.87. The summed E-state index contributed by atoms with van der Waals surface area (Å²) in [5.41, 5.74) is 15.1. The SMILES string of the molecule is NC[N+]([O-])(CN)CN. The Morgan fingerprint density at radius 2 is 1.25 bits per heavy atom. The van der Waals surface area contributed by atoms with Gasteiger partial charge in [-0.2, -0.15) is 0 Å². The van der Waals surface area contributed by atoms with Crippen LogP contribution in [0, 0.1) is 5.21 Å². The van der Waals surface area contributed by atoms with E-state index in [-0.39, 0.29) is 20.0 Å². The first-order valence-electron chi connectivity index (χ1n) is 2.36. The summed E-state index contributed by atoms with van der Waals surface area (Å²) in [4.78, 5) is 0. The Labute approximate surface area is 48.2 Å². The van der Waals surface area contributed by atoms with Gasteiger partial charge in [0.25, 0.3) is 0 Å². The van der Waals surface area contributed by atoms with Gasteiger partial charge in [0.2, 0.25) is 0 Å². The van der Waals surface area contributed by atoms with E-state index in [2.05, 4.69) is 0 Å². The van der Waals surface area contributed by atoms with E-state index < -0.39 is 4.65 Å². The van der Waals surface area contributed by atoms with Crippen LogP contribution < -0.4 is 17.2 Å². The second-order valence-electron chi connectivity index (χ2n) is 1.61. The molecule has 0 atom stereocenters. The maximum absolute atomic E-state index is 10.8. The fourth-order valence-corrected chi connectivity index (χ4v) is 0.224. The summed E-state index contributed by atoms with van der Waals surface area (Å²) in [5.74, 6) is 0. The van der Waals surface area contributed by atoms with Crippen LogP contribution in [0.4, 0.5) is 0 Å². The Kier molecular flexibility index (Phi) is 2.88. The van der Waals surface area contributed by atoms with Crippen molar-refractivity contribution in [3.63, 3.8) is 0 Å². The topological polar surface area (TPSA) is 101 Å². The third-order valence-electron chi connectivity index (χ3n) is 0.998. The Hall–Kier alpha value is -0.200. The van der Waals surface area contributed by atoms with Crippen LogP contribution in [0.5, 0.6) is 0 Å². The summed E-state index contributed by atoms with van der Waals surface area (Å²) < 4.78 is -0.708. The minimum atomic E-state index is -0.708. The predicted octanol–water partition coefficient (Wildman–Crippen LogP) is -1.95. The van der Waals surface area contributed by atoms with E-state index >= 15 is 0 Å². The van der Waals surface area contributed by atoms with Crippen LogP contribution >= 0.6 is 0 Å².